The lowest BCUT2D eigenvalue weighted by molar-refractivity contribution is 0.229. The molecule has 3 aromatic rings. The van der Waals surface area contributed by atoms with Gasteiger partial charge >= 0.3 is 0 Å². The van der Waals surface area contributed by atoms with Crippen molar-refractivity contribution in [1.82, 2.24) is 10.3 Å². The summed E-state index contributed by atoms with van der Waals surface area (Å²) in [6.07, 6.45) is 7.49. The van der Waals surface area contributed by atoms with Gasteiger partial charge in [-0.05, 0) is 59.7 Å². The van der Waals surface area contributed by atoms with Crippen LogP contribution in [0, 0.1) is 5.92 Å². The molecule has 1 heterocycles. The van der Waals surface area contributed by atoms with Gasteiger partial charge < -0.3 is 14.8 Å². The molecule has 0 aliphatic heterocycles. The highest BCUT2D eigenvalue weighted by Crippen LogP contribution is 2.38. The Morgan fingerprint density at radius 2 is 1.76 bits per heavy atom. The van der Waals surface area contributed by atoms with Gasteiger partial charge in [0, 0.05) is 25.0 Å². The average molecular weight is 389 g/mol. The molecule has 4 rings (SSSR count). The number of hydrogen-bond donors (Lipinski definition) is 1. The number of aromatic nitrogens is 1. The van der Waals surface area contributed by atoms with Gasteiger partial charge in [-0.3, -0.25) is 4.98 Å². The van der Waals surface area contributed by atoms with E-state index in [9.17, 15) is 0 Å². The molecule has 0 radical (unpaired) electrons. The molecule has 1 aliphatic carbocycles. The molecule has 0 spiro atoms. The molecule has 2 aromatic carbocycles. The fourth-order valence-corrected chi connectivity index (χ4v) is 3.80. The van der Waals surface area contributed by atoms with Crippen molar-refractivity contribution in [3.63, 3.8) is 0 Å². The molecule has 1 fully saturated rings. The zero-order valence-electron chi connectivity index (χ0n) is 16.9. The second-order valence-corrected chi connectivity index (χ2v) is 7.59. The number of benzene rings is 2. The minimum Gasteiger partial charge on any atom is -0.493 e. The summed E-state index contributed by atoms with van der Waals surface area (Å²) in [5, 5.41) is 3.78. The minimum atomic E-state index is 0.401. The van der Waals surface area contributed by atoms with Crippen LogP contribution in [0.1, 0.15) is 42.0 Å². The van der Waals surface area contributed by atoms with Crippen molar-refractivity contribution < 1.29 is 9.47 Å². The number of methoxy groups -OCH3 is 1. The van der Waals surface area contributed by atoms with Crippen molar-refractivity contribution in [2.45, 2.75) is 38.5 Å². The Morgan fingerprint density at radius 3 is 2.45 bits per heavy atom. The lowest BCUT2D eigenvalue weighted by Gasteiger charge is -2.35. The summed E-state index contributed by atoms with van der Waals surface area (Å²) < 4.78 is 11.5. The fourth-order valence-electron chi connectivity index (χ4n) is 3.80. The molecule has 29 heavy (non-hydrogen) atoms. The van der Waals surface area contributed by atoms with Crippen LogP contribution in [0.25, 0.3) is 0 Å². The SMILES string of the molecule is COc1cc(CNC(c2ccccc2)C2CCC2)ccc1OCc1ccncc1. The van der Waals surface area contributed by atoms with Crippen LogP contribution in [0.3, 0.4) is 0 Å². The minimum absolute atomic E-state index is 0.401. The van der Waals surface area contributed by atoms with E-state index in [2.05, 4.69) is 52.8 Å². The maximum Gasteiger partial charge on any atom is 0.161 e. The topological polar surface area (TPSA) is 43.4 Å². The second-order valence-electron chi connectivity index (χ2n) is 7.59. The van der Waals surface area contributed by atoms with Crippen molar-refractivity contribution >= 4 is 0 Å². The highest BCUT2D eigenvalue weighted by molar-refractivity contribution is 5.43. The maximum absolute atomic E-state index is 5.96. The Morgan fingerprint density at radius 1 is 0.966 bits per heavy atom. The quantitative estimate of drug-likeness (QED) is 0.540. The summed E-state index contributed by atoms with van der Waals surface area (Å²) in [6, 6.07) is 21.3. The van der Waals surface area contributed by atoms with Gasteiger partial charge in [0.25, 0.3) is 0 Å². The van der Waals surface area contributed by atoms with Gasteiger partial charge in [0.2, 0.25) is 0 Å². The predicted octanol–water partition coefficient (Wildman–Crippen LogP) is 5.30. The Bertz CT molecular complexity index is 895. The van der Waals surface area contributed by atoms with E-state index in [4.69, 9.17) is 9.47 Å². The third-order valence-corrected chi connectivity index (χ3v) is 5.68. The van der Waals surface area contributed by atoms with Crippen LogP contribution in [0.4, 0.5) is 0 Å². The van der Waals surface area contributed by atoms with Gasteiger partial charge in [-0.2, -0.15) is 0 Å². The van der Waals surface area contributed by atoms with Crippen LogP contribution in [-0.2, 0) is 13.2 Å². The first kappa shape index (κ1) is 19.5. The smallest absolute Gasteiger partial charge is 0.161 e. The van der Waals surface area contributed by atoms with Crippen molar-refractivity contribution in [1.29, 1.82) is 0 Å². The highest BCUT2D eigenvalue weighted by atomic mass is 16.5. The summed E-state index contributed by atoms with van der Waals surface area (Å²) >= 11 is 0. The van der Waals surface area contributed by atoms with E-state index in [0.29, 0.717) is 12.6 Å². The van der Waals surface area contributed by atoms with Crippen LogP contribution in [0.2, 0.25) is 0 Å². The predicted molar refractivity (Wildman–Crippen MR) is 115 cm³/mol. The van der Waals surface area contributed by atoms with Crippen LogP contribution in [0.15, 0.2) is 73.1 Å². The molecule has 1 N–H and O–H groups in total. The first-order valence-corrected chi connectivity index (χ1v) is 10.3. The summed E-state index contributed by atoms with van der Waals surface area (Å²) in [5.41, 5.74) is 3.65. The fraction of sp³-hybridized carbons (Fsp3) is 0.320. The van der Waals surface area contributed by atoms with Gasteiger partial charge in [0.15, 0.2) is 11.5 Å². The zero-order valence-corrected chi connectivity index (χ0v) is 16.9. The summed E-state index contributed by atoms with van der Waals surface area (Å²) in [5.74, 6) is 2.24. The summed E-state index contributed by atoms with van der Waals surface area (Å²) in [6.45, 7) is 1.30. The molecule has 150 valence electrons. The lowest BCUT2D eigenvalue weighted by Crippen LogP contribution is -2.31. The number of nitrogens with zero attached hydrogens (tertiary/aromatic N) is 1. The van der Waals surface area contributed by atoms with Crippen molar-refractivity contribution in [2.75, 3.05) is 7.11 Å². The number of hydrogen-bond acceptors (Lipinski definition) is 4. The van der Waals surface area contributed by atoms with Gasteiger partial charge in [0.1, 0.15) is 6.61 Å². The van der Waals surface area contributed by atoms with Crippen molar-refractivity contribution in [2.24, 2.45) is 5.92 Å². The lowest BCUT2D eigenvalue weighted by atomic mass is 9.77. The zero-order chi connectivity index (χ0) is 19.9. The number of pyridine rings is 1. The number of nitrogens with one attached hydrogen (secondary N) is 1. The first-order valence-electron chi connectivity index (χ1n) is 10.3. The molecule has 0 bridgehead atoms. The Labute approximate surface area is 172 Å². The number of rotatable bonds is 9. The molecular weight excluding hydrogens is 360 g/mol. The van der Waals surface area contributed by atoms with E-state index in [-0.39, 0.29) is 0 Å². The van der Waals surface area contributed by atoms with E-state index in [1.54, 1.807) is 19.5 Å². The molecule has 4 nitrogen and oxygen atoms in total. The van der Waals surface area contributed by atoms with E-state index in [1.807, 2.05) is 18.2 Å². The molecule has 4 heteroatoms. The van der Waals surface area contributed by atoms with Crippen LogP contribution in [0.5, 0.6) is 11.5 Å². The Kier molecular flexibility index (Phi) is 6.42. The van der Waals surface area contributed by atoms with E-state index in [1.165, 1.54) is 30.4 Å². The standard InChI is InChI=1S/C25H28N2O2/c1-28-24-16-20(10-11-23(24)29-18-19-12-14-26-15-13-19)17-27-25(22-8-5-9-22)21-6-3-2-4-7-21/h2-4,6-7,10-16,22,25,27H,5,8-9,17-18H2,1H3. The van der Waals surface area contributed by atoms with Gasteiger partial charge in [0.05, 0.1) is 7.11 Å². The molecule has 0 saturated heterocycles. The largest absolute Gasteiger partial charge is 0.493 e. The van der Waals surface area contributed by atoms with Crippen molar-refractivity contribution in [3.8, 4) is 11.5 Å². The van der Waals surface area contributed by atoms with Crippen LogP contribution < -0.4 is 14.8 Å². The van der Waals surface area contributed by atoms with E-state index in [0.717, 1.165) is 29.5 Å². The molecule has 0 amide bonds. The molecule has 1 saturated carbocycles. The van der Waals surface area contributed by atoms with Crippen molar-refractivity contribution in [3.05, 3.63) is 89.7 Å². The molecule has 1 unspecified atom stereocenters. The van der Waals surface area contributed by atoms with Gasteiger partial charge in [-0.25, -0.2) is 0 Å². The molecule has 1 aliphatic rings. The molecule has 1 atom stereocenters. The van der Waals surface area contributed by atoms with Gasteiger partial charge in [-0.15, -0.1) is 0 Å². The summed E-state index contributed by atoms with van der Waals surface area (Å²) in [4.78, 5) is 4.04. The Hall–Kier alpha value is -2.85. The highest BCUT2D eigenvalue weighted by Gasteiger charge is 2.28. The van der Waals surface area contributed by atoms with Gasteiger partial charge in [-0.1, -0.05) is 42.8 Å². The van der Waals surface area contributed by atoms with Crippen LogP contribution >= 0.6 is 0 Å². The monoisotopic (exact) mass is 388 g/mol. The maximum atomic E-state index is 5.96. The molecular formula is C25H28N2O2. The van der Waals surface area contributed by atoms with Crippen LogP contribution in [-0.4, -0.2) is 12.1 Å². The average Bonchev–Trinajstić information content (AvgIpc) is 2.75. The second kappa shape index (κ2) is 9.57. The third-order valence-electron chi connectivity index (χ3n) is 5.68. The Balaban J connectivity index is 1.41. The van der Waals surface area contributed by atoms with E-state index >= 15 is 0 Å². The van der Waals surface area contributed by atoms with E-state index < -0.39 is 0 Å². The number of ether oxygens (including phenoxy) is 2. The third kappa shape index (κ3) is 4.96. The summed E-state index contributed by atoms with van der Waals surface area (Å²) in [7, 11) is 1.69. The normalized spacial score (nSPS) is 14.8. The first-order chi connectivity index (χ1) is 14.3. The molecule has 1 aromatic heterocycles.